The molecule has 0 aliphatic heterocycles. The molecule has 1 atom stereocenters. The van der Waals surface area contributed by atoms with Crippen LogP contribution in [0.2, 0.25) is 0 Å². The second-order valence-corrected chi connectivity index (χ2v) is 7.96. The first-order chi connectivity index (χ1) is 14.8. The van der Waals surface area contributed by atoms with Crippen molar-refractivity contribution in [2.45, 2.75) is 40.7 Å². The van der Waals surface area contributed by atoms with Crippen LogP contribution in [0, 0.1) is 27.7 Å². The number of carbonyl (C=O) groups excluding carboxylic acids is 1. The molecule has 31 heavy (non-hydrogen) atoms. The number of para-hydroxylation sites is 2. The van der Waals surface area contributed by atoms with E-state index in [2.05, 4.69) is 10.4 Å². The molecule has 0 fully saturated rings. The van der Waals surface area contributed by atoms with Crippen LogP contribution in [-0.2, 0) is 4.79 Å². The molecule has 0 aliphatic carbocycles. The zero-order chi connectivity index (χ0) is 22.3. The molecule has 0 aliphatic rings. The number of rotatable bonds is 4. The predicted molar refractivity (Wildman–Crippen MR) is 124 cm³/mol. The van der Waals surface area contributed by atoms with Crippen molar-refractivity contribution in [1.82, 2.24) is 14.3 Å². The smallest absolute Gasteiger partial charge is 0.281 e. The van der Waals surface area contributed by atoms with Gasteiger partial charge in [-0.3, -0.25) is 9.59 Å². The van der Waals surface area contributed by atoms with Gasteiger partial charge in [-0.15, -0.1) is 0 Å². The molecule has 4 aromatic rings. The summed E-state index contributed by atoms with van der Waals surface area (Å²) in [6.07, 6.45) is 1.71. The van der Waals surface area contributed by atoms with E-state index in [1.165, 1.54) is 4.68 Å². The number of fused-ring (bicyclic) bond motifs is 1. The molecule has 0 bridgehead atoms. The standard InChI is InChI=1S/C25H26N4O2/c1-15-10-9-11-16(2)23(15)27-24(30)19(5)28-17(3)21-14-26-29(20-12-7-6-8-13-20)25(31)22(21)18(28)4/h6-14,19H,1-5H3,(H,27,30). The lowest BCUT2D eigenvalue weighted by atomic mass is 10.1. The van der Waals surface area contributed by atoms with Gasteiger partial charge in [0, 0.05) is 22.5 Å². The number of anilines is 1. The zero-order valence-corrected chi connectivity index (χ0v) is 18.4. The first-order valence-corrected chi connectivity index (χ1v) is 10.3. The third-order valence-corrected chi connectivity index (χ3v) is 5.95. The molecule has 0 saturated carbocycles. The molecule has 6 nitrogen and oxygen atoms in total. The van der Waals surface area contributed by atoms with Crippen molar-refractivity contribution in [2.75, 3.05) is 5.32 Å². The topological polar surface area (TPSA) is 68.9 Å². The minimum absolute atomic E-state index is 0.125. The maximum Gasteiger partial charge on any atom is 0.281 e. The van der Waals surface area contributed by atoms with Crippen molar-refractivity contribution in [2.24, 2.45) is 0 Å². The Morgan fingerprint density at radius 3 is 2.23 bits per heavy atom. The summed E-state index contributed by atoms with van der Waals surface area (Å²) in [5.41, 5.74) is 4.99. The lowest BCUT2D eigenvalue weighted by Gasteiger charge is -2.19. The summed E-state index contributed by atoms with van der Waals surface area (Å²) < 4.78 is 3.33. The van der Waals surface area contributed by atoms with Gasteiger partial charge in [0.05, 0.1) is 17.3 Å². The Labute approximate surface area is 181 Å². The van der Waals surface area contributed by atoms with Crippen molar-refractivity contribution < 1.29 is 4.79 Å². The number of aryl methyl sites for hydroxylation is 4. The molecule has 1 N–H and O–H groups in total. The summed E-state index contributed by atoms with van der Waals surface area (Å²) in [4.78, 5) is 26.4. The number of aromatic nitrogens is 3. The van der Waals surface area contributed by atoms with Crippen LogP contribution < -0.4 is 10.9 Å². The Balaban J connectivity index is 1.78. The van der Waals surface area contributed by atoms with Crippen LogP contribution in [0.4, 0.5) is 5.69 Å². The summed E-state index contributed by atoms with van der Waals surface area (Å²) in [5, 5.41) is 8.80. The quantitative estimate of drug-likeness (QED) is 0.530. The van der Waals surface area contributed by atoms with Gasteiger partial charge in [0.1, 0.15) is 6.04 Å². The Morgan fingerprint density at radius 1 is 0.935 bits per heavy atom. The van der Waals surface area contributed by atoms with Gasteiger partial charge in [-0.25, -0.2) is 0 Å². The molecule has 0 radical (unpaired) electrons. The number of amides is 1. The van der Waals surface area contributed by atoms with Crippen LogP contribution in [0.1, 0.15) is 35.5 Å². The molecule has 0 spiro atoms. The Hall–Kier alpha value is -3.67. The van der Waals surface area contributed by atoms with Gasteiger partial charge < -0.3 is 9.88 Å². The van der Waals surface area contributed by atoms with Crippen molar-refractivity contribution in [3.8, 4) is 5.69 Å². The van der Waals surface area contributed by atoms with Crippen LogP contribution in [-0.4, -0.2) is 20.3 Å². The van der Waals surface area contributed by atoms with Crippen LogP contribution in [0.5, 0.6) is 0 Å². The van der Waals surface area contributed by atoms with E-state index in [1.54, 1.807) is 6.20 Å². The average molecular weight is 415 g/mol. The number of nitrogens with one attached hydrogen (secondary N) is 1. The van der Waals surface area contributed by atoms with Crippen molar-refractivity contribution >= 4 is 22.4 Å². The fourth-order valence-electron chi connectivity index (χ4n) is 4.27. The first kappa shape index (κ1) is 20.6. The SMILES string of the molecule is Cc1cccc(C)c1NC(=O)C(C)n1c(C)c2cnn(-c3ccccc3)c(=O)c2c1C. The predicted octanol–water partition coefficient (Wildman–Crippen LogP) is 4.62. The van der Waals surface area contributed by atoms with Crippen molar-refractivity contribution in [1.29, 1.82) is 0 Å². The summed E-state index contributed by atoms with van der Waals surface area (Å²) in [5.74, 6) is -0.125. The highest BCUT2D eigenvalue weighted by atomic mass is 16.2. The third kappa shape index (κ3) is 3.44. The van der Waals surface area contributed by atoms with Gasteiger partial charge in [-0.05, 0) is 57.9 Å². The van der Waals surface area contributed by atoms with Crippen LogP contribution >= 0.6 is 0 Å². The molecule has 2 aromatic carbocycles. The molecular weight excluding hydrogens is 388 g/mol. The second-order valence-electron chi connectivity index (χ2n) is 7.96. The molecule has 158 valence electrons. The van der Waals surface area contributed by atoms with Gasteiger partial charge in [-0.1, -0.05) is 36.4 Å². The maximum absolute atomic E-state index is 13.3. The lowest BCUT2D eigenvalue weighted by Crippen LogP contribution is -2.26. The highest BCUT2D eigenvalue weighted by molar-refractivity contribution is 5.96. The zero-order valence-electron chi connectivity index (χ0n) is 18.4. The molecule has 6 heteroatoms. The number of benzene rings is 2. The fourth-order valence-corrected chi connectivity index (χ4v) is 4.27. The molecule has 2 aromatic heterocycles. The monoisotopic (exact) mass is 414 g/mol. The number of nitrogens with zero attached hydrogens (tertiary/aromatic N) is 3. The summed E-state index contributed by atoms with van der Waals surface area (Å²) in [6, 6.07) is 14.8. The van der Waals surface area contributed by atoms with Crippen LogP contribution in [0.3, 0.4) is 0 Å². The summed E-state index contributed by atoms with van der Waals surface area (Å²) in [6.45, 7) is 9.61. The number of hydrogen-bond donors (Lipinski definition) is 1. The van der Waals surface area contributed by atoms with E-state index in [0.717, 1.165) is 33.6 Å². The van der Waals surface area contributed by atoms with Gasteiger partial charge >= 0.3 is 0 Å². The van der Waals surface area contributed by atoms with E-state index in [0.29, 0.717) is 11.1 Å². The van der Waals surface area contributed by atoms with Crippen LogP contribution in [0.15, 0.2) is 59.5 Å². The average Bonchev–Trinajstić information content (AvgIpc) is 3.01. The minimum Gasteiger partial charge on any atom is -0.336 e. The van der Waals surface area contributed by atoms with E-state index in [-0.39, 0.29) is 11.5 Å². The number of hydrogen-bond acceptors (Lipinski definition) is 3. The van der Waals surface area contributed by atoms with E-state index in [4.69, 9.17) is 0 Å². The summed E-state index contributed by atoms with van der Waals surface area (Å²) >= 11 is 0. The molecular formula is C25H26N4O2. The Kier molecular flexibility index (Phi) is 5.23. The second kappa shape index (κ2) is 7.87. The van der Waals surface area contributed by atoms with Crippen molar-refractivity contribution in [3.05, 3.63) is 87.6 Å². The fraction of sp³-hybridized carbons (Fsp3) is 0.240. The molecule has 0 saturated heterocycles. The first-order valence-electron chi connectivity index (χ1n) is 10.3. The Bertz CT molecular complexity index is 1330. The van der Waals surface area contributed by atoms with Gasteiger partial charge in [-0.2, -0.15) is 9.78 Å². The van der Waals surface area contributed by atoms with Crippen LogP contribution in [0.25, 0.3) is 16.5 Å². The lowest BCUT2D eigenvalue weighted by molar-refractivity contribution is -0.118. The maximum atomic E-state index is 13.3. The highest BCUT2D eigenvalue weighted by Gasteiger charge is 2.24. The molecule has 4 rings (SSSR count). The van der Waals surface area contributed by atoms with Crippen molar-refractivity contribution in [3.63, 3.8) is 0 Å². The Morgan fingerprint density at radius 2 is 1.58 bits per heavy atom. The normalized spacial score (nSPS) is 12.2. The molecule has 2 heterocycles. The van der Waals surface area contributed by atoms with Gasteiger partial charge in [0.15, 0.2) is 0 Å². The minimum atomic E-state index is -0.490. The van der Waals surface area contributed by atoms with E-state index >= 15 is 0 Å². The third-order valence-electron chi connectivity index (χ3n) is 5.95. The van der Waals surface area contributed by atoms with Gasteiger partial charge in [0.2, 0.25) is 5.91 Å². The molecule has 1 unspecified atom stereocenters. The van der Waals surface area contributed by atoms with E-state index < -0.39 is 6.04 Å². The number of carbonyl (C=O) groups is 1. The summed E-state index contributed by atoms with van der Waals surface area (Å²) in [7, 11) is 0. The van der Waals surface area contributed by atoms with Gasteiger partial charge in [0.25, 0.3) is 5.56 Å². The van der Waals surface area contributed by atoms with E-state index in [9.17, 15) is 9.59 Å². The largest absolute Gasteiger partial charge is 0.336 e. The highest BCUT2D eigenvalue weighted by Crippen LogP contribution is 2.28. The molecule has 1 amide bonds. The van der Waals surface area contributed by atoms with E-state index in [1.807, 2.05) is 87.7 Å².